The molecule has 84 valence electrons. The largest absolute Gasteiger partial charge is 0.448 e. The highest BCUT2D eigenvalue weighted by atomic mass is 16.5. The van der Waals surface area contributed by atoms with Crippen molar-refractivity contribution in [2.75, 3.05) is 13.2 Å². The lowest BCUT2D eigenvalue weighted by Gasteiger charge is -2.02. The highest BCUT2D eigenvalue weighted by molar-refractivity contribution is 5.07. The van der Waals surface area contributed by atoms with Gasteiger partial charge in [0.2, 0.25) is 0 Å². The first kappa shape index (κ1) is 10.6. The first-order valence-corrected chi connectivity index (χ1v) is 5.62. The molecule has 0 amide bonds. The molecule has 0 bridgehead atoms. The smallest absolute Gasteiger partial charge is 0.181 e. The van der Waals surface area contributed by atoms with E-state index in [0.717, 1.165) is 31.0 Å². The van der Waals surface area contributed by atoms with Crippen LogP contribution in [0, 0.1) is 0 Å². The zero-order valence-electron chi connectivity index (χ0n) is 9.16. The molecule has 1 aliphatic carbocycles. The van der Waals surface area contributed by atoms with Gasteiger partial charge in [-0.25, -0.2) is 4.98 Å². The third-order valence-electron chi connectivity index (χ3n) is 2.54. The van der Waals surface area contributed by atoms with E-state index in [9.17, 15) is 0 Å². The number of ether oxygens (including phenoxy) is 1. The zero-order chi connectivity index (χ0) is 10.5. The van der Waals surface area contributed by atoms with Crippen molar-refractivity contribution in [3.63, 3.8) is 0 Å². The minimum absolute atomic E-state index is 0.710. The molecule has 2 rings (SSSR count). The monoisotopic (exact) mass is 210 g/mol. The lowest BCUT2D eigenvalue weighted by atomic mass is 10.2. The van der Waals surface area contributed by atoms with Crippen LogP contribution < -0.4 is 5.32 Å². The summed E-state index contributed by atoms with van der Waals surface area (Å²) in [6.45, 7) is 4.28. The van der Waals surface area contributed by atoms with E-state index >= 15 is 0 Å². The predicted octanol–water partition coefficient (Wildman–Crippen LogP) is 1.51. The van der Waals surface area contributed by atoms with Gasteiger partial charge in [0.25, 0.3) is 0 Å². The van der Waals surface area contributed by atoms with Crippen LogP contribution in [0.4, 0.5) is 0 Å². The molecule has 15 heavy (non-hydrogen) atoms. The Morgan fingerprint density at radius 3 is 3.20 bits per heavy atom. The molecule has 1 aliphatic rings. The standard InChI is InChI=1S/C11H18N2O2/c1-2-14-6-5-11-10(13-8-15-11)7-12-9-3-4-9/h8-9,12H,2-7H2,1H3. The number of aromatic nitrogens is 1. The highest BCUT2D eigenvalue weighted by Crippen LogP contribution is 2.19. The van der Waals surface area contributed by atoms with Gasteiger partial charge >= 0.3 is 0 Å². The number of oxazole rings is 1. The van der Waals surface area contributed by atoms with E-state index in [1.807, 2.05) is 6.92 Å². The van der Waals surface area contributed by atoms with Gasteiger partial charge in [-0.2, -0.15) is 0 Å². The summed E-state index contributed by atoms with van der Waals surface area (Å²) in [5.41, 5.74) is 1.03. The van der Waals surface area contributed by atoms with Crippen LogP contribution in [0.25, 0.3) is 0 Å². The van der Waals surface area contributed by atoms with Gasteiger partial charge in [0, 0.05) is 25.6 Å². The second-order valence-corrected chi connectivity index (χ2v) is 3.82. The third-order valence-corrected chi connectivity index (χ3v) is 2.54. The molecule has 0 aliphatic heterocycles. The Morgan fingerprint density at radius 2 is 2.47 bits per heavy atom. The summed E-state index contributed by atoms with van der Waals surface area (Å²) >= 11 is 0. The normalized spacial score (nSPS) is 15.8. The van der Waals surface area contributed by atoms with Crippen LogP contribution in [-0.4, -0.2) is 24.2 Å². The number of nitrogens with one attached hydrogen (secondary N) is 1. The fourth-order valence-electron chi connectivity index (χ4n) is 1.48. The zero-order valence-corrected chi connectivity index (χ0v) is 9.16. The molecule has 1 aromatic heterocycles. The topological polar surface area (TPSA) is 47.3 Å². The maximum absolute atomic E-state index is 5.33. The van der Waals surface area contributed by atoms with Crippen molar-refractivity contribution in [1.29, 1.82) is 0 Å². The molecule has 0 radical (unpaired) electrons. The van der Waals surface area contributed by atoms with Gasteiger partial charge < -0.3 is 14.5 Å². The van der Waals surface area contributed by atoms with Gasteiger partial charge in [0.15, 0.2) is 6.39 Å². The summed E-state index contributed by atoms with van der Waals surface area (Å²) in [4.78, 5) is 4.21. The molecule has 1 N–H and O–H groups in total. The van der Waals surface area contributed by atoms with Gasteiger partial charge in [-0.05, 0) is 19.8 Å². The average Bonchev–Trinajstić information content (AvgIpc) is 2.97. The van der Waals surface area contributed by atoms with Crippen LogP contribution >= 0.6 is 0 Å². The molecule has 0 aromatic carbocycles. The van der Waals surface area contributed by atoms with Gasteiger partial charge in [0.05, 0.1) is 12.3 Å². The quantitative estimate of drug-likeness (QED) is 0.693. The molecular formula is C11H18N2O2. The van der Waals surface area contributed by atoms with Crippen LogP contribution in [0.15, 0.2) is 10.8 Å². The Balaban J connectivity index is 1.78. The summed E-state index contributed by atoms with van der Waals surface area (Å²) in [6, 6.07) is 0.710. The van der Waals surface area contributed by atoms with Gasteiger partial charge in [-0.3, -0.25) is 0 Å². The van der Waals surface area contributed by atoms with Crippen molar-refractivity contribution in [1.82, 2.24) is 10.3 Å². The van der Waals surface area contributed by atoms with Crippen molar-refractivity contribution < 1.29 is 9.15 Å². The molecule has 0 saturated heterocycles. The van der Waals surface area contributed by atoms with Crippen LogP contribution in [0.5, 0.6) is 0 Å². The summed E-state index contributed by atoms with van der Waals surface area (Å²) in [5.74, 6) is 0.955. The molecule has 0 spiro atoms. The summed E-state index contributed by atoms with van der Waals surface area (Å²) in [7, 11) is 0. The maximum Gasteiger partial charge on any atom is 0.181 e. The van der Waals surface area contributed by atoms with Crippen molar-refractivity contribution in [2.45, 2.75) is 38.8 Å². The number of nitrogens with zero attached hydrogens (tertiary/aromatic N) is 1. The Bertz CT molecular complexity index is 295. The Morgan fingerprint density at radius 1 is 1.60 bits per heavy atom. The first-order valence-electron chi connectivity index (χ1n) is 5.62. The van der Waals surface area contributed by atoms with Crippen molar-refractivity contribution in [2.24, 2.45) is 0 Å². The van der Waals surface area contributed by atoms with Crippen molar-refractivity contribution >= 4 is 0 Å². The van der Waals surface area contributed by atoms with Crippen molar-refractivity contribution in [3.8, 4) is 0 Å². The van der Waals surface area contributed by atoms with Crippen LogP contribution in [0.3, 0.4) is 0 Å². The van der Waals surface area contributed by atoms with Gasteiger partial charge in [-0.15, -0.1) is 0 Å². The Labute approximate surface area is 90.0 Å². The summed E-state index contributed by atoms with van der Waals surface area (Å²) < 4.78 is 10.6. The average molecular weight is 210 g/mol. The minimum Gasteiger partial charge on any atom is -0.448 e. The molecular weight excluding hydrogens is 192 g/mol. The summed E-state index contributed by atoms with van der Waals surface area (Å²) in [6.07, 6.45) is 4.93. The lowest BCUT2D eigenvalue weighted by Crippen LogP contribution is -2.16. The molecule has 1 heterocycles. The van der Waals surface area contributed by atoms with E-state index in [-0.39, 0.29) is 0 Å². The van der Waals surface area contributed by atoms with Crippen LogP contribution in [0.2, 0.25) is 0 Å². The SMILES string of the molecule is CCOCCc1ocnc1CNC1CC1. The van der Waals surface area contributed by atoms with E-state index in [1.54, 1.807) is 0 Å². The number of hydrogen-bond acceptors (Lipinski definition) is 4. The lowest BCUT2D eigenvalue weighted by molar-refractivity contribution is 0.146. The van der Waals surface area contributed by atoms with Crippen LogP contribution in [-0.2, 0) is 17.7 Å². The molecule has 1 fully saturated rings. The molecule has 4 heteroatoms. The van der Waals surface area contributed by atoms with Gasteiger partial charge in [0.1, 0.15) is 5.76 Å². The fraction of sp³-hybridized carbons (Fsp3) is 0.727. The molecule has 4 nitrogen and oxygen atoms in total. The first-order chi connectivity index (χ1) is 7.40. The molecule has 1 saturated carbocycles. The van der Waals surface area contributed by atoms with Crippen LogP contribution in [0.1, 0.15) is 31.2 Å². The summed E-state index contributed by atoms with van der Waals surface area (Å²) in [5, 5.41) is 3.43. The molecule has 0 atom stereocenters. The second-order valence-electron chi connectivity index (χ2n) is 3.82. The minimum atomic E-state index is 0.710. The number of hydrogen-bond donors (Lipinski definition) is 1. The van der Waals surface area contributed by atoms with Gasteiger partial charge in [-0.1, -0.05) is 0 Å². The fourth-order valence-corrected chi connectivity index (χ4v) is 1.48. The third kappa shape index (κ3) is 3.32. The Hall–Kier alpha value is -0.870. The van der Waals surface area contributed by atoms with E-state index < -0.39 is 0 Å². The predicted molar refractivity (Wildman–Crippen MR) is 56.6 cm³/mol. The highest BCUT2D eigenvalue weighted by Gasteiger charge is 2.21. The van der Waals surface area contributed by atoms with E-state index in [0.29, 0.717) is 12.6 Å². The van der Waals surface area contributed by atoms with E-state index in [2.05, 4.69) is 10.3 Å². The number of rotatable bonds is 7. The van der Waals surface area contributed by atoms with E-state index in [1.165, 1.54) is 19.2 Å². The maximum atomic E-state index is 5.33. The Kier molecular flexibility index (Phi) is 3.75. The van der Waals surface area contributed by atoms with E-state index in [4.69, 9.17) is 9.15 Å². The molecule has 0 unspecified atom stereocenters. The molecule has 1 aromatic rings. The van der Waals surface area contributed by atoms with Crippen molar-refractivity contribution in [3.05, 3.63) is 17.8 Å². The second kappa shape index (κ2) is 5.28.